The normalized spacial score (nSPS) is 23.0. The van der Waals surface area contributed by atoms with Gasteiger partial charge in [-0.3, -0.25) is 19.4 Å². The highest BCUT2D eigenvalue weighted by atomic mass is 16.2. The van der Waals surface area contributed by atoms with Crippen molar-refractivity contribution < 1.29 is 14.4 Å². The summed E-state index contributed by atoms with van der Waals surface area (Å²) >= 11 is 0. The van der Waals surface area contributed by atoms with Crippen molar-refractivity contribution in [2.24, 2.45) is 11.3 Å². The third-order valence-corrected chi connectivity index (χ3v) is 6.94. The quantitative estimate of drug-likeness (QED) is 0.736. The smallest absolute Gasteiger partial charge is 0.228 e. The van der Waals surface area contributed by atoms with Crippen LogP contribution in [0.3, 0.4) is 0 Å². The molecule has 0 aliphatic carbocycles. The summed E-state index contributed by atoms with van der Waals surface area (Å²) in [6.07, 6.45) is 5.82. The Hall–Kier alpha value is -3.22. The monoisotopic (exact) mass is 448 g/mol. The summed E-state index contributed by atoms with van der Waals surface area (Å²) in [6.45, 7) is 3.91. The van der Waals surface area contributed by atoms with Gasteiger partial charge in [-0.1, -0.05) is 24.3 Å². The number of pyridine rings is 1. The minimum atomic E-state index is -0.707. The molecule has 1 N–H and O–H groups in total. The summed E-state index contributed by atoms with van der Waals surface area (Å²) < 4.78 is 0. The summed E-state index contributed by atoms with van der Waals surface area (Å²) in [7, 11) is 1.74. The van der Waals surface area contributed by atoms with Crippen molar-refractivity contribution in [1.82, 2.24) is 20.1 Å². The van der Waals surface area contributed by atoms with Crippen LogP contribution >= 0.6 is 0 Å². The maximum Gasteiger partial charge on any atom is 0.228 e. The molecule has 7 nitrogen and oxygen atoms in total. The van der Waals surface area contributed by atoms with Crippen molar-refractivity contribution in [2.75, 3.05) is 33.2 Å². The number of amides is 3. The summed E-state index contributed by atoms with van der Waals surface area (Å²) in [5.41, 5.74) is 2.51. The zero-order chi connectivity index (χ0) is 23.4. The molecular formula is C26H32N4O3. The van der Waals surface area contributed by atoms with E-state index >= 15 is 0 Å². The van der Waals surface area contributed by atoms with Gasteiger partial charge >= 0.3 is 0 Å². The van der Waals surface area contributed by atoms with Crippen molar-refractivity contribution >= 4 is 17.7 Å². The average Bonchev–Trinajstić information content (AvgIpc) is 3.18. The van der Waals surface area contributed by atoms with Gasteiger partial charge in [0, 0.05) is 52.0 Å². The van der Waals surface area contributed by atoms with Crippen LogP contribution < -0.4 is 5.32 Å². The molecule has 1 aromatic carbocycles. The zero-order valence-corrected chi connectivity index (χ0v) is 19.4. The Labute approximate surface area is 195 Å². The Morgan fingerprint density at radius 2 is 1.94 bits per heavy atom. The maximum absolute atomic E-state index is 13.4. The van der Waals surface area contributed by atoms with Crippen molar-refractivity contribution in [1.29, 1.82) is 0 Å². The third-order valence-electron chi connectivity index (χ3n) is 6.94. The van der Waals surface area contributed by atoms with E-state index < -0.39 is 5.41 Å². The highest BCUT2D eigenvalue weighted by Gasteiger charge is 2.45. The first-order chi connectivity index (χ1) is 15.9. The van der Waals surface area contributed by atoms with Crippen molar-refractivity contribution in [2.45, 2.75) is 32.6 Å². The summed E-state index contributed by atoms with van der Waals surface area (Å²) in [4.78, 5) is 46.3. The van der Waals surface area contributed by atoms with E-state index in [1.165, 1.54) is 0 Å². The Morgan fingerprint density at radius 3 is 2.64 bits per heavy atom. The molecule has 3 amide bonds. The van der Waals surface area contributed by atoms with Crippen LogP contribution in [0.25, 0.3) is 11.1 Å². The second-order valence-corrected chi connectivity index (χ2v) is 9.25. The molecule has 3 heterocycles. The first kappa shape index (κ1) is 23.0. The maximum atomic E-state index is 13.4. The fourth-order valence-corrected chi connectivity index (χ4v) is 5.22. The number of carbonyl (C=O) groups excluding carboxylic acids is 3. The number of piperidine rings is 1. The van der Waals surface area contributed by atoms with E-state index in [2.05, 4.69) is 22.4 Å². The molecule has 33 heavy (non-hydrogen) atoms. The van der Waals surface area contributed by atoms with Gasteiger partial charge < -0.3 is 15.1 Å². The van der Waals surface area contributed by atoms with Gasteiger partial charge in [0.25, 0.3) is 0 Å². The number of hydrogen-bond acceptors (Lipinski definition) is 4. The number of carbonyl (C=O) groups is 3. The van der Waals surface area contributed by atoms with Crippen LogP contribution in [-0.4, -0.2) is 65.7 Å². The molecule has 2 atom stereocenters. The topological polar surface area (TPSA) is 82.6 Å². The third kappa shape index (κ3) is 4.77. The number of benzene rings is 1. The molecule has 7 heteroatoms. The van der Waals surface area contributed by atoms with Gasteiger partial charge in [-0.2, -0.15) is 0 Å². The molecule has 2 aliphatic heterocycles. The van der Waals surface area contributed by atoms with Crippen molar-refractivity contribution in [3.63, 3.8) is 0 Å². The van der Waals surface area contributed by atoms with Gasteiger partial charge in [0.1, 0.15) is 0 Å². The number of aromatic nitrogens is 1. The standard InChI is InChI=1S/C26H32N4O3/c1-3-28-25(33)26(16-20-7-4-5-8-22(20)19-9-12-27-13-10-19)11-6-14-30(18-26)24(32)21-15-23(31)29(2)17-21/h4-5,7-10,12-13,21H,3,6,11,14-18H2,1-2H3,(H,28,33)/t21-,26+/m0/s1. The van der Waals surface area contributed by atoms with E-state index in [4.69, 9.17) is 0 Å². The van der Waals surface area contributed by atoms with Crippen LogP contribution in [0.1, 0.15) is 31.7 Å². The van der Waals surface area contributed by atoms with Gasteiger partial charge in [0.15, 0.2) is 0 Å². The van der Waals surface area contributed by atoms with Gasteiger partial charge in [-0.05, 0) is 55.0 Å². The van der Waals surface area contributed by atoms with E-state index in [9.17, 15) is 14.4 Å². The molecule has 2 fully saturated rings. The highest BCUT2D eigenvalue weighted by Crippen LogP contribution is 2.38. The first-order valence-electron chi connectivity index (χ1n) is 11.7. The lowest BCUT2D eigenvalue weighted by Gasteiger charge is -2.42. The largest absolute Gasteiger partial charge is 0.356 e. The lowest BCUT2D eigenvalue weighted by atomic mass is 9.73. The number of nitrogens with one attached hydrogen (secondary N) is 1. The summed E-state index contributed by atoms with van der Waals surface area (Å²) in [6, 6.07) is 12.1. The minimum absolute atomic E-state index is 0.00614. The predicted molar refractivity (Wildman–Crippen MR) is 126 cm³/mol. The molecule has 2 aliphatic rings. The van der Waals surface area contributed by atoms with Crippen LogP contribution in [0.2, 0.25) is 0 Å². The second kappa shape index (κ2) is 9.73. The SMILES string of the molecule is CCNC(=O)[C@@]1(Cc2ccccc2-c2ccncc2)CCCN(C(=O)[C@H]2CC(=O)N(C)C2)C1. The fraction of sp³-hybridized carbons (Fsp3) is 0.462. The molecule has 2 aromatic rings. The van der Waals surface area contributed by atoms with Gasteiger partial charge in [0.2, 0.25) is 17.7 Å². The molecule has 0 radical (unpaired) electrons. The zero-order valence-electron chi connectivity index (χ0n) is 19.4. The van der Waals surface area contributed by atoms with Crippen LogP contribution in [0.4, 0.5) is 0 Å². The fourth-order valence-electron chi connectivity index (χ4n) is 5.22. The van der Waals surface area contributed by atoms with E-state index in [1.54, 1.807) is 24.3 Å². The summed E-state index contributed by atoms with van der Waals surface area (Å²) in [5, 5.41) is 3.03. The summed E-state index contributed by atoms with van der Waals surface area (Å²) in [5.74, 6) is -0.335. The molecule has 174 valence electrons. The van der Waals surface area contributed by atoms with Crippen LogP contribution in [0.5, 0.6) is 0 Å². The highest BCUT2D eigenvalue weighted by molar-refractivity contribution is 5.90. The van der Waals surface area contributed by atoms with Gasteiger partial charge in [-0.25, -0.2) is 0 Å². The Kier molecular flexibility index (Phi) is 6.77. The van der Waals surface area contributed by atoms with Crippen LogP contribution in [0.15, 0.2) is 48.8 Å². The molecule has 2 saturated heterocycles. The van der Waals surface area contributed by atoms with E-state index in [0.717, 1.165) is 29.5 Å². The van der Waals surface area contributed by atoms with Crippen LogP contribution in [-0.2, 0) is 20.8 Å². The second-order valence-electron chi connectivity index (χ2n) is 9.25. The van der Waals surface area contributed by atoms with E-state index in [-0.39, 0.29) is 30.1 Å². The molecule has 0 spiro atoms. The van der Waals surface area contributed by atoms with Crippen LogP contribution in [0, 0.1) is 11.3 Å². The molecule has 1 aromatic heterocycles. The first-order valence-corrected chi connectivity index (χ1v) is 11.7. The van der Waals surface area contributed by atoms with Crippen molar-refractivity contribution in [3.8, 4) is 11.1 Å². The average molecular weight is 449 g/mol. The van der Waals surface area contributed by atoms with E-state index in [0.29, 0.717) is 32.6 Å². The van der Waals surface area contributed by atoms with Gasteiger partial charge in [-0.15, -0.1) is 0 Å². The lowest BCUT2D eigenvalue weighted by Crippen LogP contribution is -2.55. The number of nitrogens with zero attached hydrogens (tertiary/aromatic N) is 3. The number of likely N-dealkylation sites (tertiary alicyclic amines) is 2. The predicted octanol–water partition coefficient (Wildman–Crippen LogP) is 2.51. The molecule has 4 rings (SSSR count). The molecule has 0 bridgehead atoms. The number of hydrogen-bond donors (Lipinski definition) is 1. The number of rotatable bonds is 6. The van der Waals surface area contributed by atoms with Crippen molar-refractivity contribution in [3.05, 3.63) is 54.4 Å². The van der Waals surface area contributed by atoms with E-state index in [1.807, 2.05) is 36.1 Å². The van der Waals surface area contributed by atoms with Gasteiger partial charge in [0.05, 0.1) is 11.3 Å². The molecule has 0 unspecified atom stereocenters. The minimum Gasteiger partial charge on any atom is -0.356 e. The Balaban J connectivity index is 1.63. The lowest BCUT2D eigenvalue weighted by molar-refractivity contribution is -0.144. The molecular weight excluding hydrogens is 416 g/mol. The Bertz CT molecular complexity index is 1030. The molecule has 0 saturated carbocycles. The Morgan fingerprint density at radius 1 is 1.18 bits per heavy atom.